The Kier molecular flexibility index (Phi) is 4.59. The number of hydrogen-bond donors (Lipinski definition) is 2. The SMILES string of the molecule is CC(C)(NC(=O)Cc1c(Cl)cccc1Cl)C(=O)O. The van der Waals surface area contributed by atoms with Gasteiger partial charge in [0, 0.05) is 10.0 Å². The Balaban J connectivity index is 2.80. The third-order valence-corrected chi connectivity index (χ3v) is 3.09. The molecule has 1 aromatic rings. The molecule has 0 bridgehead atoms. The molecular weight excluding hydrogens is 277 g/mol. The van der Waals surface area contributed by atoms with Crippen LogP contribution in [-0.4, -0.2) is 22.5 Å². The number of benzene rings is 1. The molecule has 18 heavy (non-hydrogen) atoms. The maximum absolute atomic E-state index is 11.7. The lowest BCUT2D eigenvalue weighted by molar-refractivity contribution is -0.145. The molecule has 0 aliphatic rings. The quantitative estimate of drug-likeness (QED) is 0.895. The molecule has 6 heteroatoms. The lowest BCUT2D eigenvalue weighted by atomic mass is 10.0. The van der Waals surface area contributed by atoms with Crippen molar-refractivity contribution < 1.29 is 14.7 Å². The fourth-order valence-electron chi connectivity index (χ4n) is 1.31. The predicted molar refractivity (Wildman–Crippen MR) is 70.0 cm³/mol. The van der Waals surface area contributed by atoms with Gasteiger partial charge < -0.3 is 10.4 Å². The second kappa shape index (κ2) is 5.59. The Morgan fingerprint density at radius 1 is 1.28 bits per heavy atom. The van der Waals surface area contributed by atoms with Crippen LogP contribution in [0.4, 0.5) is 0 Å². The summed E-state index contributed by atoms with van der Waals surface area (Å²) in [5, 5.41) is 12.1. The second-order valence-electron chi connectivity index (χ2n) is 4.36. The Hall–Kier alpha value is -1.26. The molecule has 0 radical (unpaired) electrons. The smallest absolute Gasteiger partial charge is 0.328 e. The molecule has 0 atom stereocenters. The molecule has 0 aliphatic carbocycles. The number of aliphatic carboxylic acids is 1. The summed E-state index contributed by atoms with van der Waals surface area (Å²) in [7, 11) is 0. The monoisotopic (exact) mass is 289 g/mol. The topological polar surface area (TPSA) is 66.4 Å². The van der Waals surface area contributed by atoms with E-state index < -0.39 is 17.4 Å². The highest BCUT2D eigenvalue weighted by Crippen LogP contribution is 2.24. The number of halogens is 2. The van der Waals surface area contributed by atoms with E-state index in [9.17, 15) is 9.59 Å². The summed E-state index contributed by atoms with van der Waals surface area (Å²) in [6, 6.07) is 4.92. The van der Waals surface area contributed by atoms with E-state index >= 15 is 0 Å². The Bertz CT molecular complexity index is 466. The van der Waals surface area contributed by atoms with Gasteiger partial charge in [0.1, 0.15) is 5.54 Å². The van der Waals surface area contributed by atoms with Crippen LogP contribution in [0, 0.1) is 0 Å². The zero-order chi connectivity index (χ0) is 13.9. The molecule has 0 unspecified atom stereocenters. The molecule has 1 amide bonds. The van der Waals surface area contributed by atoms with E-state index in [0.717, 1.165) is 0 Å². The summed E-state index contributed by atoms with van der Waals surface area (Å²) in [6.45, 7) is 2.81. The van der Waals surface area contributed by atoms with E-state index in [1.54, 1.807) is 18.2 Å². The van der Waals surface area contributed by atoms with Crippen LogP contribution in [0.15, 0.2) is 18.2 Å². The summed E-state index contributed by atoms with van der Waals surface area (Å²) >= 11 is 11.9. The molecule has 4 nitrogen and oxygen atoms in total. The fourth-order valence-corrected chi connectivity index (χ4v) is 1.84. The zero-order valence-electron chi connectivity index (χ0n) is 9.96. The van der Waals surface area contributed by atoms with Crippen molar-refractivity contribution in [3.63, 3.8) is 0 Å². The number of hydrogen-bond acceptors (Lipinski definition) is 2. The highest BCUT2D eigenvalue weighted by atomic mass is 35.5. The first-order valence-electron chi connectivity index (χ1n) is 5.21. The molecule has 1 rings (SSSR count). The fraction of sp³-hybridized carbons (Fsp3) is 0.333. The molecule has 0 fully saturated rings. The average Bonchev–Trinajstić information content (AvgIpc) is 2.22. The van der Waals surface area contributed by atoms with Crippen molar-refractivity contribution in [2.24, 2.45) is 0 Å². The second-order valence-corrected chi connectivity index (χ2v) is 5.17. The predicted octanol–water partition coefficient (Wildman–Crippen LogP) is 2.52. The Labute approximate surface area is 115 Å². The summed E-state index contributed by atoms with van der Waals surface area (Å²) in [5.74, 6) is -1.56. The van der Waals surface area contributed by atoms with Gasteiger partial charge in [0.15, 0.2) is 0 Å². The highest BCUT2D eigenvalue weighted by molar-refractivity contribution is 6.36. The minimum absolute atomic E-state index is 0.0603. The van der Waals surface area contributed by atoms with Gasteiger partial charge in [-0.2, -0.15) is 0 Å². The van der Waals surface area contributed by atoms with Crippen LogP contribution in [0.2, 0.25) is 10.0 Å². The molecule has 0 heterocycles. The molecule has 0 saturated heterocycles. The van der Waals surface area contributed by atoms with Crippen molar-refractivity contribution in [2.75, 3.05) is 0 Å². The summed E-state index contributed by atoms with van der Waals surface area (Å²) in [4.78, 5) is 22.6. The van der Waals surface area contributed by atoms with Crippen molar-refractivity contribution in [1.82, 2.24) is 5.32 Å². The van der Waals surface area contributed by atoms with Gasteiger partial charge in [-0.05, 0) is 31.5 Å². The summed E-state index contributed by atoms with van der Waals surface area (Å²) in [5.41, 5.74) is -0.843. The minimum atomic E-state index is -1.33. The van der Waals surface area contributed by atoms with E-state index in [-0.39, 0.29) is 6.42 Å². The highest BCUT2D eigenvalue weighted by Gasteiger charge is 2.29. The van der Waals surface area contributed by atoms with Gasteiger partial charge in [-0.3, -0.25) is 4.79 Å². The third kappa shape index (κ3) is 3.62. The Morgan fingerprint density at radius 3 is 2.22 bits per heavy atom. The van der Waals surface area contributed by atoms with Crippen molar-refractivity contribution in [3.05, 3.63) is 33.8 Å². The van der Waals surface area contributed by atoms with Crippen molar-refractivity contribution in [3.8, 4) is 0 Å². The molecule has 0 aromatic heterocycles. The maximum Gasteiger partial charge on any atom is 0.328 e. The zero-order valence-corrected chi connectivity index (χ0v) is 11.5. The van der Waals surface area contributed by atoms with Gasteiger partial charge in [0.2, 0.25) is 5.91 Å². The van der Waals surface area contributed by atoms with Crippen molar-refractivity contribution >= 4 is 35.1 Å². The molecule has 0 aliphatic heterocycles. The number of carbonyl (C=O) groups excluding carboxylic acids is 1. The standard InChI is InChI=1S/C12H13Cl2NO3/c1-12(2,11(17)18)15-10(16)6-7-8(13)4-3-5-9(7)14/h3-5H,6H2,1-2H3,(H,15,16)(H,17,18). The molecule has 98 valence electrons. The molecule has 0 spiro atoms. The van der Waals surface area contributed by atoms with Gasteiger partial charge in [-0.15, -0.1) is 0 Å². The van der Waals surface area contributed by atoms with Gasteiger partial charge in [0.05, 0.1) is 6.42 Å². The van der Waals surface area contributed by atoms with E-state index in [2.05, 4.69) is 5.32 Å². The van der Waals surface area contributed by atoms with Crippen LogP contribution in [-0.2, 0) is 16.0 Å². The van der Waals surface area contributed by atoms with E-state index in [4.69, 9.17) is 28.3 Å². The first-order chi connectivity index (χ1) is 8.24. The van der Waals surface area contributed by atoms with Crippen LogP contribution in [0.25, 0.3) is 0 Å². The van der Waals surface area contributed by atoms with Crippen LogP contribution in [0.1, 0.15) is 19.4 Å². The maximum atomic E-state index is 11.7. The van der Waals surface area contributed by atoms with E-state index in [1.165, 1.54) is 13.8 Å². The lowest BCUT2D eigenvalue weighted by Gasteiger charge is -2.21. The van der Waals surface area contributed by atoms with E-state index in [1.807, 2.05) is 0 Å². The molecule has 0 saturated carbocycles. The van der Waals surface area contributed by atoms with Gasteiger partial charge in [0.25, 0.3) is 0 Å². The minimum Gasteiger partial charge on any atom is -0.480 e. The first-order valence-corrected chi connectivity index (χ1v) is 5.97. The van der Waals surface area contributed by atoms with Crippen molar-refractivity contribution in [1.29, 1.82) is 0 Å². The number of carbonyl (C=O) groups is 2. The lowest BCUT2D eigenvalue weighted by Crippen LogP contribution is -2.50. The number of carboxylic acids is 1. The van der Waals surface area contributed by atoms with Gasteiger partial charge >= 0.3 is 5.97 Å². The van der Waals surface area contributed by atoms with E-state index in [0.29, 0.717) is 15.6 Å². The third-order valence-electron chi connectivity index (χ3n) is 2.39. The van der Waals surface area contributed by atoms with Crippen molar-refractivity contribution in [2.45, 2.75) is 25.8 Å². The number of carboxylic acid groups (broad SMARTS) is 1. The molecular formula is C12H13Cl2NO3. The largest absolute Gasteiger partial charge is 0.480 e. The Morgan fingerprint density at radius 2 is 1.78 bits per heavy atom. The first kappa shape index (κ1) is 14.8. The van der Waals surface area contributed by atoms with Gasteiger partial charge in [-0.25, -0.2) is 4.79 Å². The number of amides is 1. The van der Waals surface area contributed by atoms with Crippen LogP contribution in [0.3, 0.4) is 0 Å². The average molecular weight is 290 g/mol. The normalized spacial score (nSPS) is 11.1. The summed E-state index contributed by atoms with van der Waals surface area (Å²) < 4.78 is 0. The molecule has 2 N–H and O–H groups in total. The summed E-state index contributed by atoms with van der Waals surface area (Å²) in [6.07, 6.45) is -0.0603. The van der Waals surface area contributed by atoms with Crippen LogP contribution >= 0.6 is 23.2 Å². The number of nitrogens with one attached hydrogen (secondary N) is 1. The molecule has 1 aromatic carbocycles. The van der Waals surface area contributed by atoms with Gasteiger partial charge in [-0.1, -0.05) is 29.3 Å². The van der Waals surface area contributed by atoms with Crippen LogP contribution in [0.5, 0.6) is 0 Å². The van der Waals surface area contributed by atoms with Crippen LogP contribution < -0.4 is 5.32 Å². The number of rotatable bonds is 4.